The van der Waals surface area contributed by atoms with E-state index >= 15 is 0 Å². The third-order valence-corrected chi connectivity index (χ3v) is 4.62. The second-order valence-electron chi connectivity index (χ2n) is 7.28. The maximum atomic E-state index is 12.3. The molecule has 0 spiro atoms. The van der Waals surface area contributed by atoms with Gasteiger partial charge < -0.3 is 14.8 Å². The van der Waals surface area contributed by atoms with Gasteiger partial charge in [-0.2, -0.15) is 0 Å². The molecule has 0 unspecified atom stereocenters. The fraction of sp³-hybridized carbons (Fsp3) is 0.231. The fourth-order valence-electron chi connectivity index (χ4n) is 2.90. The van der Waals surface area contributed by atoms with Crippen LogP contribution in [-0.4, -0.2) is 18.3 Å². The number of ketones is 1. The number of hydrogen-bond acceptors (Lipinski definition) is 4. The summed E-state index contributed by atoms with van der Waals surface area (Å²) in [6, 6.07) is 22.0. The van der Waals surface area contributed by atoms with Crippen molar-refractivity contribution in [2.24, 2.45) is 0 Å². The molecule has 0 aliphatic rings. The van der Waals surface area contributed by atoms with Crippen molar-refractivity contribution in [1.82, 2.24) is 0 Å². The van der Waals surface area contributed by atoms with Crippen LogP contribution in [0, 0.1) is 6.92 Å². The van der Waals surface area contributed by atoms with Crippen LogP contribution in [0.4, 0.5) is 5.69 Å². The Morgan fingerprint density at radius 2 is 1.35 bits per heavy atom. The van der Waals surface area contributed by atoms with Crippen molar-refractivity contribution in [2.75, 3.05) is 11.9 Å². The molecule has 1 amide bonds. The van der Waals surface area contributed by atoms with Crippen LogP contribution in [-0.2, 0) is 4.79 Å². The molecule has 0 atom stereocenters. The summed E-state index contributed by atoms with van der Waals surface area (Å²) in [6.45, 7) is 4.71. The Morgan fingerprint density at radius 3 is 1.97 bits per heavy atom. The summed E-state index contributed by atoms with van der Waals surface area (Å²) < 4.78 is 11.3. The second-order valence-corrected chi connectivity index (χ2v) is 7.28. The van der Waals surface area contributed by atoms with Crippen LogP contribution < -0.4 is 14.8 Å². The lowest BCUT2D eigenvalue weighted by molar-refractivity contribution is -0.116. The maximum absolute atomic E-state index is 12.3. The number of ether oxygens (including phenoxy) is 2. The van der Waals surface area contributed by atoms with Crippen LogP contribution in [0.2, 0.25) is 0 Å². The number of Topliss-reactive ketones (excluding diaryl/α,β-unsaturated/α-hetero) is 1. The van der Waals surface area contributed by atoms with Gasteiger partial charge >= 0.3 is 0 Å². The first-order chi connectivity index (χ1) is 15.0. The van der Waals surface area contributed by atoms with Crippen molar-refractivity contribution < 1.29 is 19.1 Å². The number of amides is 1. The molecule has 160 valence electrons. The molecule has 0 aliphatic carbocycles. The van der Waals surface area contributed by atoms with Crippen molar-refractivity contribution in [3.05, 3.63) is 83.9 Å². The van der Waals surface area contributed by atoms with Crippen molar-refractivity contribution in [3.63, 3.8) is 0 Å². The molecule has 3 rings (SSSR count). The average molecular weight is 418 g/mol. The van der Waals surface area contributed by atoms with E-state index in [0.29, 0.717) is 23.6 Å². The van der Waals surface area contributed by atoms with E-state index in [0.717, 1.165) is 17.9 Å². The number of nitrogens with one attached hydrogen (secondary N) is 1. The first kappa shape index (κ1) is 22.1. The minimum atomic E-state index is -0.205. The Hall–Kier alpha value is -3.60. The van der Waals surface area contributed by atoms with Crippen molar-refractivity contribution in [2.45, 2.75) is 33.1 Å². The lowest BCUT2D eigenvalue weighted by atomic mass is 10.1. The summed E-state index contributed by atoms with van der Waals surface area (Å²) in [5.41, 5.74) is 2.40. The largest absolute Gasteiger partial charge is 0.494 e. The van der Waals surface area contributed by atoms with Crippen LogP contribution in [0.5, 0.6) is 17.2 Å². The Labute approximate surface area is 183 Å². The number of benzene rings is 3. The molecule has 0 radical (unpaired) electrons. The molecular formula is C26H27NO4. The van der Waals surface area contributed by atoms with E-state index in [9.17, 15) is 9.59 Å². The monoisotopic (exact) mass is 417 g/mol. The predicted octanol–water partition coefficient (Wildman–Crippen LogP) is 6.18. The summed E-state index contributed by atoms with van der Waals surface area (Å²) in [6.07, 6.45) is 1.20. The third kappa shape index (κ3) is 7.00. The Balaban J connectivity index is 1.45. The van der Waals surface area contributed by atoms with E-state index in [-0.39, 0.29) is 24.5 Å². The van der Waals surface area contributed by atoms with E-state index in [1.54, 1.807) is 48.5 Å². The molecule has 0 heterocycles. The summed E-state index contributed by atoms with van der Waals surface area (Å²) in [5, 5.41) is 2.81. The molecule has 1 N–H and O–H groups in total. The summed E-state index contributed by atoms with van der Waals surface area (Å²) in [4.78, 5) is 24.5. The molecule has 0 fully saturated rings. The standard InChI is InChI=1S/C26H27NO4/c1-3-18-30-22-12-6-20(7-13-22)25(28)16-17-26(29)27-21-8-14-24(15-9-21)31-23-10-4-19(2)5-11-23/h4-15H,3,16-18H2,1-2H3,(H,27,29). The van der Waals surface area contributed by atoms with Gasteiger partial charge in [-0.25, -0.2) is 0 Å². The van der Waals surface area contributed by atoms with Gasteiger partial charge in [-0.05, 0) is 74.0 Å². The Morgan fingerprint density at radius 1 is 0.774 bits per heavy atom. The van der Waals surface area contributed by atoms with Crippen molar-refractivity contribution >= 4 is 17.4 Å². The Kier molecular flexibility index (Phi) is 7.82. The first-order valence-corrected chi connectivity index (χ1v) is 10.4. The molecule has 0 aliphatic heterocycles. The molecule has 5 heteroatoms. The van der Waals surface area contributed by atoms with Gasteiger partial charge in [0.1, 0.15) is 17.2 Å². The van der Waals surface area contributed by atoms with E-state index in [1.807, 2.05) is 38.1 Å². The highest BCUT2D eigenvalue weighted by atomic mass is 16.5. The molecule has 0 bridgehead atoms. The van der Waals surface area contributed by atoms with Crippen molar-refractivity contribution in [1.29, 1.82) is 0 Å². The zero-order valence-electron chi connectivity index (χ0n) is 17.9. The minimum Gasteiger partial charge on any atom is -0.494 e. The zero-order chi connectivity index (χ0) is 22.1. The van der Waals surface area contributed by atoms with E-state index in [1.165, 1.54) is 5.56 Å². The van der Waals surface area contributed by atoms with Gasteiger partial charge in [0.05, 0.1) is 6.61 Å². The molecule has 3 aromatic rings. The molecule has 0 saturated heterocycles. The predicted molar refractivity (Wildman–Crippen MR) is 122 cm³/mol. The number of rotatable bonds is 10. The highest BCUT2D eigenvalue weighted by Gasteiger charge is 2.10. The van der Waals surface area contributed by atoms with Crippen LogP contribution in [0.1, 0.15) is 42.1 Å². The second kappa shape index (κ2) is 11.0. The molecular weight excluding hydrogens is 390 g/mol. The SMILES string of the molecule is CCCOc1ccc(C(=O)CCC(=O)Nc2ccc(Oc3ccc(C)cc3)cc2)cc1. The highest BCUT2D eigenvalue weighted by molar-refractivity contribution is 6.00. The first-order valence-electron chi connectivity index (χ1n) is 10.4. The van der Waals surface area contributed by atoms with Gasteiger partial charge in [0.15, 0.2) is 5.78 Å². The quantitative estimate of drug-likeness (QED) is 0.400. The number of hydrogen-bond donors (Lipinski definition) is 1. The maximum Gasteiger partial charge on any atom is 0.224 e. The van der Waals surface area contributed by atoms with Gasteiger partial charge in [0.25, 0.3) is 0 Å². The molecule has 5 nitrogen and oxygen atoms in total. The topological polar surface area (TPSA) is 64.6 Å². The fourth-order valence-corrected chi connectivity index (χ4v) is 2.90. The van der Waals surface area contributed by atoms with Crippen LogP contribution >= 0.6 is 0 Å². The zero-order valence-corrected chi connectivity index (χ0v) is 17.9. The van der Waals surface area contributed by atoms with Gasteiger partial charge in [0, 0.05) is 24.1 Å². The van der Waals surface area contributed by atoms with Crippen molar-refractivity contribution in [3.8, 4) is 17.2 Å². The summed E-state index contributed by atoms with van der Waals surface area (Å²) >= 11 is 0. The van der Waals surface area contributed by atoms with Gasteiger partial charge in [-0.1, -0.05) is 24.6 Å². The third-order valence-electron chi connectivity index (χ3n) is 4.62. The lowest BCUT2D eigenvalue weighted by Gasteiger charge is -2.09. The number of carbonyl (C=O) groups is 2. The smallest absolute Gasteiger partial charge is 0.224 e. The highest BCUT2D eigenvalue weighted by Crippen LogP contribution is 2.23. The number of carbonyl (C=O) groups excluding carboxylic acids is 2. The van der Waals surface area contributed by atoms with Gasteiger partial charge in [0.2, 0.25) is 5.91 Å². The Bertz CT molecular complexity index is 993. The number of anilines is 1. The average Bonchev–Trinajstić information content (AvgIpc) is 2.79. The van der Waals surface area contributed by atoms with Gasteiger partial charge in [-0.15, -0.1) is 0 Å². The van der Waals surface area contributed by atoms with Crippen LogP contribution in [0.15, 0.2) is 72.8 Å². The normalized spacial score (nSPS) is 10.4. The minimum absolute atomic E-state index is 0.0703. The molecule has 3 aromatic carbocycles. The molecule has 31 heavy (non-hydrogen) atoms. The lowest BCUT2D eigenvalue weighted by Crippen LogP contribution is -2.13. The van der Waals surface area contributed by atoms with E-state index in [2.05, 4.69) is 5.32 Å². The number of aryl methyl sites for hydroxylation is 1. The molecule has 0 saturated carbocycles. The van der Waals surface area contributed by atoms with Crippen LogP contribution in [0.25, 0.3) is 0 Å². The van der Waals surface area contributed by atoms with E-state index in [4.69, 9.17) is 9.47 Å². The summed E-state index contributed by atoms with van der Waals surface area (Å²) in [5.74, 6) is 1.91. The van der Waals surface area contributed by atoms with Crippen LogP contribution in [0.3, 0.4) is 0 Å². The van der Waals surface area contributed by atoms with Gasteiger partial charge in [-0.3, -0.25) is 9.59 Å². The summed E-state index contributed by atoms with van der Waals surface area (Å²) in [7, 11) is 0. The molecule has 0 aromatic heterocycles. The van der Waals surface area contributed by atoms with E-state index < -0.39 is 0 Å².